The second-order valence-corrected chi connectivity index (χ2v) is 7.74. The maximum atomic E-state index is 13.6. The fourth-order valence-electron chi connectivity index (χ4n) is 3.92. The van der Waals surface area contributed by atoms with Crippen molar-refractivity contribution < 1.29 is 4.79 Å². The molecule has 0 bridgehead atoms. The number of hydrogen-bond donors (Lipinski definition) is 0. The quantitative estimate of drug-likeness (QED) is 0.417. The number of benzene rings is 4. The van der Waals surface area contributed by atoms with Gasteiger partial charge in [-0.15, -0.1) is 0 Å². The third kappa shape index (κ3) is 3.54. The van der Waals surface area contributed by atoms with Crippen LogP contribution >= 0.6 is 0 Å². The van der Waals surface area contributed by atoms with Crippen molar-refractivity contribution in [2.75, 3.05) is 11.9 Å². The average molecular weight is 419 g/mol. The molecule has 0 fully saturated rings. The summed E-state index contributed by atoms with van der Waals surface area (Å²) < 4.78 is 1.37. The molecule has 0 unspecified atom stereocenters. The maximum absolute atomic E-state index is 13.6. The van der Waals surface area contributed by atoms with Crippen molar-refractivity contribution in [3.63, 3.8) is 0 Å². The van der Waals surface area contributed by atoms with E-state index >= 15 is 0 Å². The van der Waals surface area contributed by atoms with E-state index in [9.17, 15) is 9.59 Å². The van der Waals surface area contributed by atoms with Gasteiger partial charge in [-0.25, -0.2) is 4.68 Å². The summed E-state index contributed by atoms with van der Waals surface area (Å²) in [6.07, 6.45) is 0. The monoisotopic (exact) mass is 419 g/mol. The summed E-state index contributed by atoms with van der Waals surface area (Å²) in [5.74, 6) is -0.265. The molecule has 1 aromatic heterocycles. The summed E-state index contributed by atoms with van der Waals surface area (Å²) in [7, 11) is 1.73. The van der Waals surface area contributed by atoms with E-state index < -0.39 is 0 Å². The predicted molar refractivity (Wildman–Crippen MR) is 128 cm³/mol. The minimum absolute atomic E-state index is 0.214. The summed E-state index contributed by atoms with van der Waals surface area (Å²) in [4.78, 5) is 28.2. The van der Waals surface area contributed by atoms with Gasteiger partial charge in [0.1, 0.15) is 0 Å². The molecule has 5 nitrogen and oxygen atoms in total. The molecule has 0 aliphatic rings. The number of fused-ring (bicyclic) bond motifs is 2. The lowest BCUT2D eigenvalue weighted by Crippen LogP contribution is -2.32. The van der Waals surface area contributed by atoms with E-state index in [1.807, 2.05) is 78.9 Å². The molecule has 0 N–H and O–H groups in total. The van der Waals surface area contributed by atoms with Gasteiger partial charge in [-0.1, -0.05) is 78.9 Å². The van der Waals surface area contributed by atoms with Crippen molar-refractivity contribution in [1.29, 1.82) is 0 Å². The van der Waals surface area contributed by atoms with Crippen molar-refractivity contribution in [3.05, 3.63) is 119 Å². The lowest BCUT2D eigenvalue weighted by Gasteiger charge is -2.19. The van der Waals surface area contributed by atoms with E-state index in [2.05, 4.69) is 5.10 Å². The largest absolute Gasteiger partial charge is 0.310 e. The first-order valence-corrected chi connectivity index (χ1v) is 10.4. The van der Waals surface area contributed by atoms with Crippen LogP contribution in [0.4, 0.5) is 5.69 Å². The van der Waals surface area contributed by atoms with Gasteiger partial charge in [0.15, 0.2) is 5.69 Å². The van der Waals surface area contributed by atoms with Crippen LogP contribution in [0.1, 0.15) is 16.1 Å². The van der Waals surface area contributed by atoms with Gasteiger partial charge < -0.3 is 4.90 Å². The average Bonchev–Trinajstić information content (AvgIpc) is 2.85. The summed E-state index contributed by atoms with van der Waals surface area (Å²) in [5.41, 5.74) is 1.75. The minimum Gasteiger partial charge on any atom is -0.310 e. The van der Waals surface area contributed by atoms with Crippen LogP contribution in [0.3, 0.4) is 0 Å². The van der Waals surface area contributed by atoms with Gasteiger partial charge in [0.05, 0.1) is 11.9 Å². The van der Waals surface area contributed by atoms with Crippen molar-refractivity contribution >= 4 is 33.1 Å². The first-order valence-electron chi connectivity index (χ1n) is 10.4. The molecule has 5 aromatic rings. The molecule has 1 amide bonds. The van der Waals surface area contributed by atoms with Gasteiger partial charge in [-0.05, 0) is 34.5 Å². The van der Waals surface area contributed by atoms with E-state index in [1.165, 1.54) is 4.68 Å². The Labute approximate surface area is 185 Å². The molecule has 4 aromatic carbocycles. The van der Waals surface area contributed by atoms with Crippen LogP contribution in [0, 0.1) is 0 Å². The molecule has 0 aliphatic heterocycles. The fourth-order valence-corrected chi connectivity index (χ4v) is 3.92. The van der Waals surface area contributed by atoms with E-state index in [4.69, 9.17) is 0 Å². The van der Waals surface area contributed by atoms with Crippen LogP contribution in [0.2, 0.25) is 0 Å². The lowest BCUT2D eigenvalue weighted by molar-refractivity contribution is 0.0988. The lowest BCUT2D eigenvalue weighted by atomic mass is 10.1. The summed E-state index contributed by atoms with van der Waals surface area (Å²) in [5, 5.41) is 7.71. The Morgan fingerprint density at radius 2 is 1.47 bits per heavy atom. The Bertz CT molecular complexity index is 1510. The first kappa shape index (κ1) is 19.7. The van der Waals surface area contributed by atoms with E-state index in [1.54, 1.807) is 30.1 Å². The molecule has 5 heteroatoms. The van der Waals surface area contributed by atoms with Gasteiger partial charge in [0, 0.05) is 18.1 Å². The SMILES string of the molecule is CN(C(=O)c1nn(Cc2ccccc2)c(=O)c2ccccc12)c1ccc2ccccc2c1. The number of hydrogen-bond acceptors (Lipinski definition) is 3. The summed E-state index contributed by atoms with van der Waals surface area (Å²) in [6, 6.07) is 30.7. The van der Waals surface area contributed by atoms with E-state index in [-0.39, 0.29) is 17.2 Å². The molecule has 32 heavy (non-hydrogen) atoms. The second-order valence-electron chi connectivity index (χ2n) is 7.74. The smallest absolute Gasteiger partial charge is 0.279 e. The molecule has 0 aliphatic carbocycles. The molecule has 5 rings (SSSR count). The summed E-state index contributed by atoms with van der Waals surface area (Å²) in [6.45, 7) is 0.296. The van der Waals surface area contributed by atoms with Crippen molar-refractivity contribution in [1.82, 2.24) is 9.78 Å². The number of rotatable bonds is 4. The van der Waals surface area contributed by atoms with Crippen LogP contribution in [0.25, 0.3) is 21.5 Å². The highest BCUT2D eigenvalue weighted by atomic mass is 16.2. The van der Waals surface area contributed by atoms with Gasteiger partial charge >= 0.3 is 0 Å². The topological polar surface area (TPSA) is 55.2 Å². The molecule has 0 atom stereocenters. The van der Waals surface area contributed by atoms with E-state index in [0.717, 1.165) is 22.0 Å². The predicted octanol–water partition coefficient (Wildman–Crippen LogP) is 4.87. The van der Waals surface area contributed by atoms with Crippen molar-refractivity contribution in [3.8, 4) is 0 Å². The Kier molecular flexibility index (Phi) is 5.00. The molecule has 0 spiro atoms. The normalized spacial score (nSPS) is 11.0. The zero-order chi connectivity index (χ0) is 22.1. The van der Waals surface area contributed by atoms with Crippen LogP contribution in [-0.4, -0.2) is 22.7 Å². The minimum atomic E-state index is -0.265. The number of nitrogens with zero attached hydrogens (tertiary/aromatic N) is 3. The van der Waals surface area contributed by atoms with Gasteiger partial charge in [0.2, 0.25) is 0 Å². The molecular weight excluding hydrogens is 398 g/mol. The highest BCUT2D eigenvalue weighted by molar-refractivity contribution is 6.12. The first-order chi connectivity index (χ1) is 15.6. The summed E-state index contributed by atoms with van der Waals surface area (Å²) >= 11 is 0. The van der Waals surface area contributed by atoms with Gasteiger partial charge in [0.25, 0.3) is 11.5 Å². The Morgan fingerprint density at radius 3 is 2.25 bits per heavy atom. The van der Waals surface area contributed by atoms with Crippen LogP contribution in [-0.2, 0) is 6.54 Å². The Hall–Kier alpha value is -4.25. The molecule has 0 radical (unpaired) electrons. The molecule has 0 saturated heterocycles. The Morgan fingerprint density at radius 1 is 0.812 bits per heavy atom. The van der Waals surface area contributed by atoms with E-state index in [0.29, 0.717) is 17.3 Å². The van der Waals surface area contributed by atoms with Gasteiger partial charge in [-0.2, -0.15) is 5.10 Å². The third-order valence-corrected chi connectivity index (χ3v) is 5.67. The standard InChI is InChI=1S/C27H21N3O2/c1-29(22-16-15-20-11-5-6-12-21(20)17-22)27(32)25-23-13-7-8-14-24(23)26(31)30(28-25)18-19-9-3-2-4-10-19/h2-17H,18H2,1H3. The van der Waals surface area contributed by atoms with Gasteiger partial charge in [-0.3, -0.25) is 9.59 Å². The zero-order valence-corrected chi connectivity index (χ0v) is 17.6. The van der Waals surface area contributed by atoms with Crippen LogP contribution in [0.5, 0.6) is 0 Å². The van der Waals surface area contributed by atoms with Crippen LogP contribution in [0.15, 0.2) is 102 Å². The number of amides is 1. The molecule has 156 valence electrons. The fraction of sp³-hybridized carbons (Fsp3) is 0.0741. The number of carbonyl (C=O) groups excluding carboxylic acids is 1. The third-order valence-electron chi connectivity index (χ3n) is 5.67. The zero-order valence-electron chi connectivity index (χ0n) is 17.6. The second kappa shape index (κ2) is 8.12. The molecule has 0 saturated carbocycles. The maximum Gasteiger partial charge on any atom is 0.279 e. The highest BCUT2D eigenvalue weighted by Gasteiger charge is 2.21. The highest BCUT2D eigenvalue weighted by Crippen LogP contribution is 2.24. The number of anilines is 1. The molecule has 1 heterocycles. The number of aromatic nitrogens is 2. The van der Waals surface area contributed by atoms with Crippen LogP contribution < -0.4 is 10.5 Å². The van der Waals surface area contributed by atoms with Crippen molar-refractivity contribution in [2.24, 2.45) is 0 Å². The Balaban J connectivity index is 1.60. The molecular formula is C27H21N3O2. The number of carbonyl (C=O) groups is 1. The van der Waals surface area contributed by atoms with Crippen molar-refractivity contribution in [2.45, 2.75) is 6.54 Å².